The van der Waals surface area contributed by atoms with Crippen LogP contribution in [0.25, 0.3) is 11.3 Å². The topological polar surface area (TPSA) is 52.3 Å². The Morgan fingerprint density at radius 1 is 1.25 bits per heavy atom. The van der Waals surface area contributed by atoms with Gasteiger partial charge in [0.25, 0.3) is 0 Å². The van der Waals surface area contributed by atoms with E-state index in [-0.39, 0.29) is 18.5 Å². The molecule has 1 aromatic heterocycles. The molecule has 0 radical (unpaired) electrons. The average Bonchev–Trinajstić information content (AvgIpc) is 3.43. The second-order valence-corrected chi connectivity index (χ2v) is 8.25. The van der Waals surface area contributed by atoms with Gasteiger partial charge >= 0.3 is 5.97 Å². The van der Waals surface area contributed by atoms with Crippen LogP contribution < -0.4 is 0 Å². The van der Waals surface area contributed by atoms with Crippen LogP contribution in [0.2, 0.25) is 10.0 Å². The summed E-state index contributed by atoms with van der Waals surface area (Å²) in [5.74, 6) is 0.830. The van der Waals surface area contributed by atoms with Crippen molar-refractivity contribution in [3.8, 4) is 11.3 Å². The maximum absolute atomic E-state index is 12.7. The lowest BCUT2D eigenvalue weighted by molar-refractivity contribution is -0.148. The smallest absolute Gasteiger partial charge is 0.310 e. The zero-order valence-electron chi connectivity index (χ0n) is 16.5. The number of nitrogens with zero attached hydrogens (tertiary/aromatic N) is 1. The largest absolute Gasteiger partial charge is 0.462 e. The Bertz CT molecular complexity index is 794. The van der Waals surface area contributed by atoms with Crippen molar-refractivity contribution in [1.29, 1.82) is 0 Å². The van der Waals surface area contributed by atoms with E-state index in [4.69, 9.17) is 32.5 Å². The van der Waals surface area contributed by atoms with Gasteiger partial charge < -0.3 is 9.26 Å². The van der Waals surface area contributed by atoms with E-state index in [9.17, 15) is 4.79 Å². The molecule has 4 nitrogen and oxygen atoms in total. The molecule has 152 valence electrons. The second kappa shape index (κ2) is 9.80. The molecule has 1 fully saturated rings. The first-order chi connectivity index (χ1) is 13.5. The SMILES string of the molecule is CCCCCC(CC)OC(=O)Cc1c(-c2c(Cl)cccc2Cl)noc1C1CC1. The molecule has 1 aliphatic rings. The van der Waals surface area contributed by atoms with Crippen molar-refractivity contribution in [3.05, 3.63) is 39.6 Å². The third-order valence-corrected chi connectivity index (χ3v) is 5.80. The van der Waals surface area contributed by atoms with Crippen LogP contribution in [-0.4, -0.2) is 17.2 Å². The summed E-state index contributed by atoms with van der Waals surface area (Å²) in [6.45, 7) is 4.22. The third-order valence-electron chi connectivity index (χ3n) is 5.17. The Morgan fingerprint density at radius 3 is 2.57 bits per heavy atom. The Labute approximate surface area is 176 Å². The van der Waals surface area contributed by atoms with E-state index in [0.717, 1.165) is 56.3 Å². The molecule has 1 aromatic carbocycles. The van der Waals surface area contributed by atoms with Crippen molar-refractivity contribution >= 4 is 29.2 Å². The average molecular weight is 424 g/mol. The number of hydrogen-bond acceptors (Lipinski definition) is 4. The fraction of sp³-hybridized carbons (Fsp3) is 0.545. The normalized spacial score (nSPS) is 14.9. The Balaban J connectivity index is 1.81. The standard InChI is InChI=1S/C22H27Cl2NO3/c1-3-5-6-8-15(4-2)27-19(26)13-16-21(25-28-22(16)14-11-12-14)20-17(23)9-7-10-18(20)24/h7,9-10,14-15H,3-6,8,11-13H2,1-2H3. The van der Waals surface area contributed by atoms with Crippen molar-refractivity contribution in [2.24, 2.45) is 0 Å². The highest BCUT2D eigenvalue weighted by molar-refractivity contribution is 6.39. The third kappa shape index (κ3) is 5.09. The zero-order valence-corrected chi connectivity index (χ0v) is 18.0. The minimum Gasteiger partial charge on any atom is -0.462 e. The number of halogens is 2. The number of carbonyl (C=O) groups excluding carboxylic acids is 1. The lowest BCUT2D eigenvalue weighted by Gasteiger charge is -2.16. The fourth-order valence-corrected chi connectivity index (χ4v) is 4.00. The highest BCUT2D eigenvalue weighted by Crippen LogP contribution is 2.46. The molecule has 28 heavy (non-hydrogen) atoms. The van der Waals surface area contributed by atoms with Crippen LogP contribution in [0.1, 0.15) is 76.0 Å². The van der Waals surface area contributed by atoms with Crippen molar-refractivity contribution in [3.63, 3.8) is 0 Å². The van der Waals surface area contributed by atoms with Crippen LogP contribution >= 0.6 is 23.2 Å². The number of benzene rings is 1. The minimum absolute atomic E-state index is 0.0457. The van der Waals surface area contributed by atoms with Gasteiger partial charge in [-0.3, -0.25) is 4.79 Å². The molecule has 0 amide bonds. The van der Waals surface area contributed by atoms with Crippen LogP contribution in [0.3, 0.4) is 0 Å². The van der Waals surface area contributed by atoms with Crippen molar-refractivity contribution in [1.82, 2.24) is 5.16 Å². The van der Waals surface area contributed by atoms with Crippen molar-refractivity contribution < 1.29 is 14.1 Å². The van der Waals surface area contributed by atoms with Crippen LogP contribution in [0.4, 0.5) is 0 Å². The van der Waals surface area contributed by atoms with E-state index in [1.807, 2.05) is 6.92 Å². The first kappa shape index (κ1) is 21.2. The molecule has 1 atom stereocenters. The van der Waals surface area contributed by atoms with E-state index in [0.29, 0.717) is 27.2 Å². The maximum Gasteiger partial charge on any atom is 0.310 e. The van der Waals surface area contributed by atoms with E-state index in [1.54, 1.807) is 18.2 Å². The van der Waals surface area contributed by atoms with Gasteiger partial charge in [0.15, 0.2) is 0 Å². The van der Waals surface area contributed by atoms with Crippen molar-refractivity contribution in [2.75, 3.05) is 0 Å². The van der Waals surface area contributed by atoms with E-state index < -0.39 is 0 Å². The summed E-state index contributed by atoms with van der Waals surface area (Å²) in [5, 5.41) is 5.21. The van der Waals surface area contributed by atoms with Gasteiger partial charge in [0, 0.05) is 17.0 Å². The summed E-state index contributed by atoms with van der Waals surface area (Å²) < 4.78 is 11.4. The molecule has 1 unspecified atom stereocenters. The van der Waals surface area contributed by atoms with Crippen LogP contribution in [0.15, 0.2) is 22.7 Å². The molecule has 0 bridgehead atoms. The maximum atomic E-state index is 12.7. The summed E-state index contributed by atoms with van der Waals surface area (Å²) in [7, 11) is 0. The molecule has 0 aliphatic heterocycles. The van der Waals surface area contributed by atoms with Gasteiger partial charge in [-0.1, -0.05) is 61.1 Å². The molecule has 0 spiro atoms. The molecule has 1 saturated carbocycles. The van der Waals surface area contributed by atoms with Gasteiger partial charge in [0.2, 0.25) is 0 Å². The van der Waals surface area contributed by atoms with Gasteiger partial charge in [-0.15, -0.1) is 0 Å². The van der Waals surface area contributed by atoms with Crippen LogP contribution in [0.5, 0.6) is 0 Å². The summed E-state index contributed by atoms with van der Waals surface area (Å²) in [5.41, 5.74) is 1.92. The Kier molecular flexibility index (Phi) is 7.42. The molecule has 3 rings (SSSR count). The van der Waals surface area contributed by atoms with E-state index >= 15 is 0 Å². The first-order valence-corrected chi connectivity index (χ1v) is 10.9. The first-order valence-electron chi connectivity index (χ1n) is 10.2. The van der Waals surface area contributed by atoms with Gasteiger partial charge in [-0.2, -0.15) is 0 Å². The molecule has 2 aromatic rings. The number of ether oxygens (including phenoxy) is 1. The summed E-state index contributed by atoms with van der Waals surface area (Å²) in [6.07, 6.45) is 7.26. The number of aromatic nitrogens is 1. The highest BCUT2D eigenvalue weighted by Gasteiger charge is 2.34. The summed E-state index contributed by atoms with van der Waals surface area (Å²) in [6, 6.07) is 5.31. The predicted octanol–water partition coefficient (Wildman–Crippen LogP) is 6.97. The quantitative estimate of drug-likeness (QED) is 0.305. The van der Waals surface area contributed by atoms with Gasteiger partial charge in [0.05, 0.1) is 16.5 Å². The predicted molar refractivity (Wildman–Crippen MR) is 112 cm³/mol. The molecule has 6 heteroatoms. The Hall–Kier alpha value is -1.52. The van der Waals surface area contributed by atoms with Crippen molar-refractivity contribution in [2.45, 2.75) is 77.2 Å². The number of esters is 1. The molecule has 0 N–H and O–H groups in total. The summed E-state index contributed by atoms with van der Waals surface area (Å²) in [4.78, 5) is 12.7. The monoisotopic (exact) mass is 423 g/mol. The lowest BCUT2D eigenvalue weighted by Crippen LogP contribution is -2.19. The number of hydrogen-bond donors (Lipinski definition) is 0. The van der Waals surface area contributed by atoms with Crippen LogP contribution in [0, 0.1) is 0 Å². The van der Waals surface area contributed by atoms with Gasteiger partial charge in [-0.25, -0.2) is 0 Å². The zero-order chi connectivity index (χ0) is 20.1. The molecule has 1 heterocycles. The van der Waals surface area contributed by atoms with Gasteiger partial charge in [0.1, 0.15) is 17.6 Å². The second-order valence-electron chi connectivity index (χ2n) is 7.44. The van der Waals surface area contributed by atoms with E-state index in [2.05, 4.69) is 12.1 Å². The summed E-state index contributed by atoms with van der Waals surface area (Å²) >= 11 is 12.7. The number of carbonyl (C=O) groups is 1. The van der Waals surface area contributed by atoms with Gasteiger partial charge in [-0.05, 0) is 44.2 Å². The number of unbranched alkanes of at least 4 members (excludes halogenated alkanes) is 2. The highest BCUT2D eigenvalue weighted by atomic mass is 35.5. The molecule has 0 saturated heterocycles. The van der Waals surface area contributed by atoms with E-state index in [1.165, 1.54) is 0 Å². The Morgan fingerprint density at radius 2 is 1.96 bits per heavy atom. The minimum atomic E-state index is -0.252. The molecular weight excluding hydrogens is 397 g/mol. The molecular formula is C22H27Cl2NO3. The number of rotatable bonds is 10. The van der Waals surface area contributed by atoms with Crippen LogP contribution in [-0.2, 0) is 16.0 Å². The fourth-order valence-electron chi connectivity index (χ4n) is 3.42. The lowest BCUT2D eigenvalue weighted by atomic mass is 10.0. The molecule has 1 aliphatic carbocycles.